The molecule has 0 aliphatic heterocycles. The Morgan fingerprint density at radius 3 is 2.96 bits per heavy atom. The fourth-order valence-electron chi connectivity index (χ4n) is 2.88. The van der Waals surface area contributed by atoms with Crippen LogP contribution in [0, 0.1) is 0 Å². The monoisotopic (exact) mass is 396 g/mol. The molecule has 1 aromatic carbocycles. The van der Waals surface area contributed by atoms with Crippen LogP contribution in [-0.4, -0.2) is 30.5 Å². The summed E-state index contributed by atoms with van der Waals surface area (Å²) in [7, 11) is 0. The van der Waals surface area contributed by atoms with Gasteiger partial charge in [0.25, 0.3) is 0 Å². The minimum Gasteiger partial charge on any atom is -0.365 e. The maximum atomic E-state index is 4.52. The molecular weight excluding hydrogens is 380 g/mol. The first-order chi connectivity index (χ1) is 12.1. The van der Waals surface area contributed by atoms with Crippen molar-refractivity contribution in [1.82, 2.24) is 23.9 Å². The van der Waals surface area contributed by atoms with Crippen LogP contribution in [0.5, 0.6) is 0 Å². The van der Waals surface area contributed by atoms with Crippen LogP contribution in [0.1, 0.15) is 12.6 Å². The zero-order valence-corrected chi connectivity index (χ0v) is 15.4. The Morgan fingerprint density at radius 1 is 1.28 bits per heavy atom. The number of halogens is 1. The SMILES string of the molecule is C=C(C)c1cnc2c(NCCn3cnc4ccccc43)nc(Br)cn12. The molecule has 0 bridgehead atoms. The molecule has 0 radical (unpaired) electrons. The number of nitrogens with one attached hydrogen (secondary N) is 1. The predicted octanol–water partition coefficient (Wildman–Crippen LogP) is 3.99. The van der Waals surface area contributed by atoms with Gasteiger partial charge in [-0.05, 0) is 40.6 Å². The molecular formula is C18H17BrN6. The number of aromatic nitrogens is 5. The highest BCUT2D eigenvalue weighted by molar-refractivity contribution is 9.10. The van der Waals surface area contributed by atoms with Crippen molar-refractivity contribution >= 4 is 44.0 Å². The molecule has 0 saturated carbocycles. The summed E-state index contributed by atoms with van der Waals surface area (Å²) in [6, 6.07) is 8.11. The topological polar surface area (TPSA) is 60.0 Å². The molecule has 0 amide bonds. The third-order valence-electron chi connectivity index (χ3n) is 4.07. The molecule has 0 saturated heterocycles. The first-order valence-electron chi connectivity index (χ1n) is 7.97. The third-order valence-corrected chi connectivity index (χ3v) is 4.45. The fraction of sp³-hybridized carbons (Fsp3) is 0.167. The first kappa shape index (κ1) is 15.8. The van der Waals surface area contributed by atoms with E-state index in [4.69, 9.17) is 0 Å². The average molecular weight is 397 g/mol. The van der Waals surface area contributed by atoms with Gasteiger partial charge in [0.15, 0.2) is 11.5 Å². The fourth-order valence-corrected chi connectivity index (χ4v) is 3.26. The highest BCUT2D eigenvalue weighted by Gasteiger charge is 2.11. The van der Waals surface area contributed by atoms with Gasteiger partial charge < -0.3 is 9.88 Å². The molecule has 4 rings (SSSR count). The number of fused-ring (bicyclic) bond motifs is 2. The zero-order valence-electron chi connectivity index (χ0n) is 13.8. The Labute approximate surface area is 153 Å². The number of benzene rings is 1. The van der Waals surface area contributed by atoms with E-state index >= 15 is 0 Å². The van der Waals surface area contributed by atoms with Crippen LogP contribution in [0.3, 0.4) is 0 Å². The zero-order chi connectivity index (χ0) is 17.4. The van der Waals surface area contributed by atoms with E-state index in [1.165, 1.54) is 0 Å². The lowest BCUT2D eigenvalue weighted by Gasteiger charge is -2.10. The van der Waals surface area contributed by atoms with Gasteiger partial charge in [-0.2, -0.15) is 0 Å². The van der Waals surface area contributed by atoms with E-state index in [9.17, 15) is 0 Å². The van der Waals surface area contributed by atoms with E-state index in [2.05, 4.69) is 53.4 Å². The Kier molecular flexibility index (Phi) is 4.01. The summed E-state index contributed by atoms with van der Waals surface area (Å²) in [6.45, 7) is 7.48. The molecule has 126 valence electrons. The van der Waals surface area contributed by atoms with Crippen molar-refractivity contribution < 1.29 is 0 Å². The summed E-state index contributed by atoms with van der Waals surface area (Å²) < 4.78 is 4.87. The van der Waals surface area contributed by atoms with Gasteiger partial charge in [-0.25, -0.2) is 15.0 Å². The highest BCUT2D eigenvalue weighted by Crippen LogP contribution is 2.22. The summed E-state index contributed by atoms with van der Waals surface area (Å²) >= 11 is 3.47. The van der Waals surface area contributed by atoms with Crippen LogP contribution in [-0.2, 0) is 6.54 Å². The van der Waals surface area contributed by atoms with Gasteiger partial charge in [-0.3, -0.25) is 4.40 Å². The number of hydrogen-bond donors (Lipinski definition) is 1. The van der Waals surface area contributed by atoms with Gasteiger partial charge >= 0.3 is 0 Å². The van der Waals surface area contributed by atoms with Crippen molar-refractivity contribution in [2.75, 3.05) is 11.9 Å². The molecule has 25 heavy (non-hydrogen) atoms. The first-order valence-corrected chi connectivity index (χ1v) is 8.76. The number of anilines is 1. The van der Waals surface area contributed by atoms with Crippen LogP contribution < -0.4 is 5.32 Å². The van der Waals surface area contributed by atoms with Gasteiger partial charge in [0.1, 0.15) is 4.60 Å². The molecule has 7 heteroatoms. The summed E-state index contributed by atoms with van der Waals surface area (Å²) in [6.07, 6.45) is 5.59. The van der Waals surface area contributed by atoms with E-state index < -0.39 is 0 Å². The molecule has 3 aromatic heterocycles. The Hall–Kier alpha value is -2.67. The molecule has 0 aliphatic rings. The summed E-state index contributed by atoms with van der Waals surface area (Å²) in [4.78, 5) is 13.4. The number of rotatable bonds is 5. The lowest BCUT2D eigenvalue weighted by Crippen LogP contribution is -2.12. The molecule has 1 N–H and O–H groups in total. The molecule has 4 aromatic rings. The quantitative estimate of drug-likeness (QED) is 0.553. The number of para-hydroxylation sites is 2. The number of imidazole rings is 2. The average Bonchev–Trinajstić information content (AvgIpc) is 3.19. The number of nitrogens with zero attached hydrogens (tertiary/aromatic N) is 5. The van der Waals surface area contributed by atoms with E-state index in [0.29, 0.717) is 6.54 Å². The molecule has 0 atom stereocenters. The molecule has 0 unspecified atom stereocenters. The van der Waals surface area contributed by atoms with Crippen molar-refractivity contribution in [1.29, 1.82) is 0 Å². The van der Waals surface area contributed by atoms with Crippen molar-refractivity contribution in [3.63, 3.8) is 0 Å². The molecule has 0 spiro atoms. The second kappa shape index (κ2) is 6.33. The number of allylic oxidation sites excluding steroid dienone is 1. The van der Waals surface area contributed by atoms with E-state index in [-0.39, 0.29) is 0 Å². The lowest BCUT2D eigenvalue weighted by molar-refractivity contribution is 0.746. The molecule has 0 aliphatic carbocycles. The maximum absolute atomic E-state index is 4.52. The van der Waals surface area contributed by atoms with Gasteiger partial charge in [0.2, 0.25) is 0 Å². The largest absolute Gasteiger partial charge is 0.365 e. The maximum Gasteiger partial charge on any atom is 0.180 e. The van der Waals surface area contributed by atoms with Crippen molar-refractivity contribution in [2.24, 2.45) is 0 Å². The van der Waals surface area contributed by atoms with Crippen LogP contribution >= 0.6 is 15.9 Å². The Balaban J connectivity index is 1.58. The van der Waals surface area contributed by atoms with Gasteiger partial charge in [-0.15, -0.1) is 0 Å². The third kappa shape index (κ3) is 2.91. The van der Waals surface area contributed by atoms with E-state index in [1.807, 2.05) is 48.2 Å². The second-order valence-electron chi connectivity index (χ2n) is 5.88. The molecule has 0 fully saturated rings. The minimum atomic E-state index is 0.717. The predicted molar refractivity (Wildman–Crippen MR) is 104 cm³/mol. The highest BCUT2D eigenvalue weighted by atomic mass is 79.9. The number of hydrogen-bond acceptors (Lipinski definition) is 4. The molecule has 6 nitrogen and oxygen atoms in total. The molecule has 3 heterocycles. The van der Waals surface area contributed by atoms with Crippen LogP contribution in [0.2, 0.25) is 0 Å². The Morgan fingerprint density at radius 2 is 2.12 bits per heavy atom. The normalized spacial score (nSPS) is 11.3. The summed E-state index contributed by atoms with van der Waals surface area (Å²) in [5, 5.41) is 3.38. The van der Waals surface area contributed by atoms with Crippen LogP contribution in [0.4, 0.5) is 5.82 Å². The Bertz CT molecular complexity index is 1080. The minimum absolute atomic E-state index is 0.717. The summed E-state index contributed by atoms with van der Waals surface area (Å²) in [5.41, 5.74) is 4.85. The van der Waals surface area contributed by atoms with Crippen LogP contribution in [0.25, 0.3) is 22.3 Å². The van der Waals surface area contributed by atoms with E-state index in [0.717, 1.165) is 44.9 Å². The van der Waals surface area contributed by atoms with E-state index in [1.54, 1.807) is 0 Å². The van der Waals surface area contributed by atoms with Gasteiger partial charge in [-0.1, -0.05) is 18.7 Å². The van der Waals surface area contributed by atoms with Gasteiger partial charge in [0.05, 0.1) is 29.3 Å². The standard InChI is InChI=1S/C18H17BrN6/c1-12(2)15-9-21-18-17(23-16(19)10-25(15)18)20-7-8-24-11-22-13-5-3-4-6-14(13)24/h3-6,9-11H,1,7-8H2,2H3,(H,20,23). The summed E-state index contributed by atoms with van der Waals surface area (Å²) in [5.74, 6) is 0.742. The smallest absolute Gasteiger partial charge is 0.180 e. The van der Waals surface area contributed by atoms with Crippen molar-refractivity contribution in [3.8, 4) is 0 Å². The van der Waals surface area contributed by atoms with Crippen molar-refractivity contribution in [3.05, 3.63) is 59.9 Å². The second-order valence-corrected chi connectivity index (χ2v) is 6.70. The van der Waals surface area contributed by atoms with Gasteiger partial charge in [0, 0.05) is 19.3 Å². The van der Waals surface area contributed by atoms with Crippen molar-refractivity contribution in [2.45, 2.75) is 13.5 Å². The van der Waals surface area contributed by atoms with Crippen LogP contribution in [0.15, 0.2) is 54.2 Å². The lowest BCUT2D eigenvalue weighted by atomic mass is 10.3.